The van der Waals surface area contributed by atoms with Gasteiger partial charge in [0.1, 0.15) is 10.3 Å². The van der Waals surface area contributed by atoms with E-state index in [1.165, 1.54) is 0 Å². The highest BCUT2D eigenvalue weighted by Crippen LogP contribution is 2.33. The maximum Gasteiger partial charge on any atom is 0.267 e. The van der Waals surface area contributed by atoms with Crippen LogP contribution in [0.2, 0.25) is 0 Å². The summed E-state index contributed by atoms with van der Waals surface area (Å²) in [6.45, 7) is 10.3. The molecule has 36 heavy (non-hydrogen) atoms. The predicted octanol–water partition coefficient (Wildman–Crippen LogP) is 3.85. The summed E-state index contributed by atoms with van der Waals surface area (Å²) in [5.41, 5.74) is 4.19. The number of fused-ring (bicyclic) bond motifs is 2. The zero-order valence-corrected chi connectivity index (χ0v) is 22.3. The van der Waals surface area contributed by atoms with Gasteiger partial charge in [-0.25, -0.2) is 24.1 Å². The average Bonchev–Trinajstić information content (AvgIpc) is 3.47. The van der Waals surface area contributed by atoms with Crippen LogP contribution in [0.1, 0.15) is 56.1 Å². The van der Waals surface area contributed by atoms with Crippen LogP contribution in [-0.4, -0.2) is 54.2 Å². The number of nitriles is 1. The van der Waals surface area contributed by atoms with E-state index in [0.29, 0.717) is 11.7 Å². The Bertz CT molecular complexity index is 1510. The van der Waals surface area contributed by atoms with Crippen LogP contribution in [0.5, 0.6) is 0 Å². The summed E-state index contributed by atoms with van der Waals surface area (Å²) in [6, 6.07) is 8.74. The molecule has 1 aliphatic heterocycles. The maximum atomic E-state index is 12.9. The normalized spacial score (nSPS) is 19.7. The van der Waals surface area contributed by atoms with E-state index in [4.69, 9.17) is 9.97 Å². The summed E-state index contributed by atoms with van der Waals surface area (Å²) in [6.07, 6.45) is 3.93. The molecule has 0 bridgehead atoms. The smallest absolute Gasteiger partial charge is 0.267 e. The highest BCUT2D eigenvalue weighted by molar-refractivity contribution is 7.18. The first-order valence-electron chi connectivity index (χ1n) is 12.6. The third kappa shape index (κ3) is 4.16. The fourth-order valence-electron chi connectivity index (χ4n) is 5.38. The molecular formula is C26H32N8OS. The van der Waals surface area contributed by atoms with Crippen molar-refractivity contribution in [3.63, 3.8) is 0 Å². The number of piperazine rings is 1. The molecule has 4 aromatic rings. The number of hydrogen-bond donors (Lipinski definition) is 0. The Hall–Kier alpha value is -3.29. The number of rotatable bonds is 6. The largest absolute Gasteiger partial charge is 0.362 e. The Morgan fingerprint density at radius 3 is 2.67 bits per heavy atom. The zero-order chi connectivity index (χ0) is 25.6. The van der Waals surface area contributed by atoms with E-state index < -0.39 is 0 Å². The zero-order valence-electron chi connectivity index (χ0n) is 21.5. The number of aryl methyl sites for hydroxylation is 2. The van der Waals surface area contributed by atoms with Gasteiger partial charge in [0.25, 0.3) is 5.56 Å². The molecule has 0 aromatic carbocycles. The molecule has 0 spiro atoms. The van der Waals surface area contributed by atoms with Crippen molar-refractivity contribution in [1.82, 2.24) is 29.0 Å². The Labute approximate surface area is 214 Å². The van der Waals surface area contributed by atoms with E-state index >= 15 is 0 Å². The molecule has 188 valence electrons. The molecule has 3 atom stereocenters. The lowest BCUT2D eigenvalue weighted by Crippen LogP contribution is -2.59. The molecule has 1 fully saturated rings. The molecule has 4 aromatic heterocycles. The van der Waals surface area contributed by atoms with Crippen LogP contribution in [0.3, 0.4) is 0 Å². The molecule has 0 saturated carbocycles. The fourth-order valence-corrected chi connectivity index (χ4v) is 6.17. The van der Waals surface area contributed by atoms with Crippen molar-refractivity contribution in [1.29, 1.82) is 5.26 Å². The van der Waals surface area contributed by atoms with E-state index in [2.05, 4.69) is 53.8 Å². The van der Waals surface area contributed by atoms with Crippen LogP contribution in [-0.2, 0) is 13.5 Å². The molecule has 0 amide bonds. The molecule has 0 radical (unpaired) electrons. The average molecular weight is 505 g/mol. The van der Waals surface area contributed by atoms with E-state index in [-0.39, 0.29) is 24.1 Å². The molecule has 5 heterocycles. The topological polar surface area (TPSA) is 95.4 Å². The number of anilines is 1. The van der Waals surface area contributed by atoms with Crippen LogP contribution in [0, 0.1) is 18.3 Å². The Balaban J connectivity index is 1.50. The maximum absolute atomic E-state index is 12.9. The third-order valence-electron chi connectivity index (χ3n) is 7.43. The van der Waals surface area contributed by atoms with Crippen LogP contribution in [0.25, 0.3) is 16.0 Å². The third-order valence-corrected chi connectivity index (χ3v) is 8.31. The molecule has 0 N–H and O–H groups in total. The van der Waals surface area contributed by atoms with Crippen molar-refractivity contribution in [2.75, 3.05) is 18.0 Å². The summed E-state index contributed by atoms with van der Waals surface area (Å²) >= 11 is 1.64. The SMILES string of the molecule is CC[C@H]1CN(C(C)c2ccc3nc(C)sc3n2)[C@H](CC)CN1c1cc(=O)n(C)n2cc(CC#N)nc12. The standard InChI is InChI=1S/C26H32N8OS/c1-6-19-15-33(23-12-24(35)31(5)34-13-18(10-11-27)29-25(23)34)20(7-2)14-32(19)16(3)21-8-9-22-26(30-21)36-17(4)28-22/h8-9,12-13,16,19-20H,6-7,10,14-15H2,1-5H3/t16?,19-,20+/m1/s1. The van der Waals surface area contributed by atoms with Crippen LogP contribution >= 0.6 is 11.3 Å². The van der Waals surface area contributed by atoms with Gasteiger partial charge in [-0.1, -0.05) is 25.2 Å². The second-order valence-electron chi connectivity index (χ2n) is 9.57. The second-order valence-corrected chi connectivity index (χ2v) is 10.8. The van der Waals surface area contributed by atoms with Crippen molar-refractivity contribution in [3.05, 3.63) is 51.1 Å². The summed E-state index contributed by atoms with van der Waals surface area (Å²) in [4.78, 5) is 33.1. The molecule has 5 rings (SSSR count). The fraction of sp³-hybridized carbons (Fsp3) is 0.500. The number of imidazole rings is 1. The van der Waals surface area contributed by atoms with E-state index in [1.54, 1.807) is 39.8 Å². The lowest BCUT2D eigenvalue weighted by Gasteiger charge is -2.49. The number of pyridine rings is 1. The van der Waals surface area contributed by atoms with Crippen molar-refractivity contribution in [2.45, 2.75) is 65.1 Å². The summed E-state index contributed by atoms with van der Waals surface area (Å²) in [7, 11) is 1.73. The van der Waals surface area contributed by atoms with Crippen LogP contribution in [0.15, 0.2) is 29.2 Å². The molecule has 1 aliphatic rings. The van der Waals surface area contributed by atoms with Gasteiger partial charge >= 0.3 is 0 Å². The van der Waals surface area contributed by atoms with Gasteiger partial charge in [0.15, 0.2) is 5.65 Å². The van der Waals surface area contributed by atoms with Gasteiger partial charge in [0, 0.05) is 44.3 Å². The summed E-state index contributed by atoms with van der Waals surface area (Å²) in [5.74, 6) is 0. The number of nitrogens with zero attached hydrogens (tertiary/aromatic N) is 8. The van der Waals surface area contributed by atoms with Gasteiger partial charge in [0.2, 0.25) is 0 Å². The Morgan fingerprint density at radius 1 is 1.17 bits per heavy atom. The van der Waals surface area contributed by atoms with Gasteiger partial charge in [0.05, 0.1) is 40.8 Å². The number of hydrogen-bond acceptors (Lipinski definition) is 8. The quantitative estimate of drug-likeness (QED) is 0.394. The molecule has 1 saturated heterocycles. The van der Waals surface area contributed by atoms with E-state index in [1.807, 2.05) is 6.92 Å². The first-order chi connectivity index (χ1) is 17.3. The first kappa shape index (κ1) is 24.4. The van der Waals surface area contributed by atoms with Gasteiger partial charge < -0.3 is 4.90 Å². The summed E-state index contributed by atoms with van der Waals surface area (Å²) < 4.78 is 3.33. The molecule has 10 heteroatoms. The molecule has 1 unspecified atom stereocenters. The van der Waals surface area contributed by atoms with Gasteiger partial charge in [-0.05, 0) is 38.8 Å². The van der Waals surface area contributed by atoms with Crippen molar-refractivity contribution >= 4 is 33.0 Å². The molecule has 0 aliphatic carbocycles. The minimum absolute atomic E-state index is 0.0885. The van der Waals surface area contributed by atoms with Crippen LogP contribution < -0.4 is 10.5 Å². The monoisotopic (exact) mass is 504 g/mol. The minimum Gasteiger partial charge on any atom is -0.362 e. The first-order valence-corrected chi connectivity index (χ1v) is 13.4. The van der Waals surface area contributed by atoms with E-state index in [0.717, 1.165) is 58.3 Å². The number of aromatic nitrogens is 5. The van der Waals surface area contributed by atoms with Crippen molar-refractivity contribution in [3.8, 4) is 6.07 Å². The van der Waals surface area contributed by atoms with Gasteiger partial charge in [-0.15, -0.1) is 0 Å². The Morgan fingerprint density at radius 2 is 1.94 bits per heavy atom. The highest BCUT2D eigenvalue weighted by Gasteiger charge is 2.36. The molecular weight excluding hydrogens is 472 g/mol. The second kappa shape index (κ2) is 9.64. The Kier molecular flexibility index (Phi) is 6.53. The van der Waals surface area contributed by atoms with Crippen molar-refractivity contribution < 1.29 is 0 Å². The lowest BCUT2D eigenvalue weighted by atomic mass is 9.98. The van der Waals surface area contributed by atoms with Crippen LogP contribution in [0.4, 0.5) is 5.69 Å². The highest BCUT2D eigenvalue weighted by atomic mass is 32.1. The lowest BCUT2D eigenvalue weighted by molar-refractivity contribution is 0.0993. The van der Waals surface area contributed by atoms with Gasteiger partial charge in [-0.3, -0.25) is 9.69 Å². The summed E-state index contributed by atoms with van der Waals surface area (Å²) in [5, 5.41) is 10.2. The molecule has 9 nitrogen and oxygen atoms in total. The van der Waals surface area contributed by atoms with Crippen molar-refractivity contribution in [2.24, 2.45) is 7.05 Å². The number of thiazole rings is 1. The minimum atomic E-state index is -0.0885. The van der Waals surface area contributed by atoms with Gasteiger partial charge in [-0.2, -0.15) is 5.26 Å². The van der Waals surface area contributed by atoms with E-state index in [9.17, 15) is 10.1 Å². The predicted molar refractivity (Wildman–Crippen MR) is 143 cm³/mol.